The third-order valence-corrected chi connectivity index (χ3v) is 2.37. The Morgan fingerprint density at radius 2 is 2.05 bits per heavy atom. The first-order valence-corrected chi connectivity index (χ1v) is 5.91. The fraction of sp³-hybridized carbons (Fsp3) is 0.385. The molecule has 0 aliphatic carbocycles. The lowest BCUT2D eigenvalue weighted by atomic mass is 10.1. The van der Waals surface area contributed by atoms with Crippen LogP contribution in [-0.4, -0.2) is 37.9 Å². The average Bonchev–Trinajstić information content (AvgIpc) is 2.42. The molecule has 0 heterocycles. The maximum atomic E-state index is 11.3. The lowest BCUT2D eigenvalue weighted by Crippen LogP contribution is -2.15. The van der Waals surface area contributed by atoms with Gasteiger partial charge < -0.3 is 10.2 Å². The highest BCUT2D eigenvalue weighted by atomic mass is 16.2. The minimum Gasteiger partial charge on any atom is -0.351 e. The maximum Gasteiger partial charge on any atom is 0.230 e. The molecule has 1 aromatic carbocycles. The van der Waals surface area contributed by atoms with Crippen LogP contribution in [0.2, 0.25) is 0 Å². The molecule has 0 bridgehead atoms. The Balaban J connectivity index is 0.000000621. The van der Waals surface area contributed by atoms with E-state index in [0.717, 1.165) is 23.2 Å². The molecule has 1 aromatic rings. The molecule has 20 heavy (non-hydrogen) atoms. The molecule has 7 heteroatoms. The molecule has 0 aliphatic heterocycles. The largest absolute Gasteiger partial charge is 0.351 e. The molecule has 2 amide bonds. The van der Waals surface area contributed by atoms with Crippen molar-refractivity contribution < 1.29 is 9.59 Å². The number of aryl methyl sites for hydroxylation is 1. The number of benzene rings is 1. The van der Waals surface area contributed by atoms with E-state index < -0.39 is 0 Å². The monoisotopic (exact) mass is 277 g/mol. The molecule has 7 nitrogen and oxygen atoms in total. The highest BCUT2D eigenvalue weighted by Gasteiger charge is 2.04. The van der Waals surface area contributed by atoms with Crippen molar-refractivity contribution in [3.8, 4) is 0 Å². The van der Waals surface area contributed by atoms with Crippen molar-refractivity contribution in [1.82, 2.24) is 4.90 Å². The second-order valence-electron chi connectivity index (χ2n) is 4.25. The van der Waals surface area contributed by atoms with Gasteiger partial charge in [-0.15, -0.1) is 0 Å². The van der Waals surface area contributed by atoms with Gasteiger partial charge in [0.15, 0.2) is 0 Å². The number of amides is 2. The molecule has 0 saturated heterocycles. The predicted octanol–water partition coefficient (Wildman–Crippen LogP) is 2.26. The summed E-state index contributed by atoms with van der Waals surface area (Å²) in [6, 6.07) is 5.65. The van der Waals surface area contributed by atoms with Crippen LogP contribution >= 0.6 is 0 Å². The van der Waals surface area contributed by atoms with Gasteiger partial charge >= 0.3 is 0 Å². The summed E-state index contributed by atoms with van der Waals surface area (Å²) in [5, 5.41) is 5.87. The van der Waals surface area contributed by atoms with Gasteiger partial charge in [-0.05, 0) is 36.6 Å². The van der Waals surface area contributed by atoms with Crippen molar-refractivity contribution >= 4 is 18.0 Å². The van der Waals surface area contributed by atoms with Crippen molar-refractivity contribution in [2.45, 2.75) is 13.8 Å². The van der Waals surface area contributed by atoms with Gasteiger partial charge in [-0.25, -0.2) is 0 Å². The summed E-state index contributed by atoms with van der Waals surface area (Å²) in [5.74, 6) is -0.304. The zero-order chi connectivity index (χ0) is 15.5. The highest BCUT2D eigenvalue weighted by molar-refractivity contribution is 5.93. The molecule has 0 spiro atoms. The molecule has 1 rings (SSSR count). The molecule has 0 atom stereocenters. The zero-order valence-electron chi connectivity index (χ0n) is 12.1. The Morgan fingerprint density at radius 1 is 1.45 bits per heavy atom. The molecule has 108 valence electrons. The van der Waals surface area contributed by atoms with Gasteiger partial charge in [0, 0.05) is 24.7 Å². The first kappa shape index (κ1) is 17.5. The van der Waals surface area contributed by atoms with E-state index >= 15 is 0 Å². The Bertz CT molecular complexity index is 507. The second-order valence-corrected chi connectivity index (χ2v) is 4.25. The number of rotatable bonds is 4. The number of nitrogens with one attached hydrogen (secondary N) is 1. The fourth-order valence-corrected chi connectivity index (χ4v) is 1.17. The van der Waals surface area contributed by atoms with Crippen LogP contribution in [0.15, 0.2) is 23.3 Å². The number of anilines is 1. The van der Waals surface area contributed by atoms with E-state index in [0.29, 0.717) is 0 Å². The van der Waals surface area contributed by atoms with Gasteiger partial charge in [-0.1, -0.05) is 17.2 Å². The summed E-state index contributed by atoms with van der Waals surface area (Å²) in [6.07, 6.45) is 0.750. The molecule has 1 N–H and O–H groups in total. The van der Waals surface area contributed by atoms with Crippen LogP contribution in [0.1, 0.15) is 11.1 Å². The van der Waals surface area contributed by atoms with Crippen LogP contribution in [0.25, 0.3) is 10.4 Å². The van der Waals surface area contributed by atoms with Crippen molar-refractivity contribution in [2.75, 3.05) is 26.0 Å². The van der Waals surface area contributed by atoms with Crippen LogP contribution < -0.4 is 5.32 Å². The van der Waals surface area contributed by atoms with Crippen LogP contribution in [-0.2, 0) is 9.59 Å². The van der Waals surface area contributed by atoms with Crippen molar-refractivity contribution in [1.29, 1.82) is 0 Å². The lowest BCUT2D eigenvalue weighted by molar-refractivity contribution is -0.116. The number of hydrogen-bond donors (Lipinski definition) is 1. The minimum absolute atomic E-state index is 0.177. The summed E-state index contributed by atoms with van der Waals surface area (Å²) >= 11 is 0. The van der Waals surface area contributed by atoms with Crippen LogP contribution in [0.4, 0.5) is 5.69 Å². The van der Waals surface area contributed by atoms with Crippen LogP contribution in [0.3, 0.4) is 0 Å². The molecular formula is C13H19N5O2. The standard InChI is InChI=1S/C10H12N4O.C3H7NO/c1-7-4-3-5-9(8(7)2)13-10(15)6-12-14-11;1-4(2)3-5/h3-5H,6H2,1-2H3,(H,13,15);3H,1-2H3. The summed E-state index contributed by atoms with van der Waals surface area (Å²) in [5.41, 5.74) is 10.9. The van der Waals surface area contributed by atoms with E-state index in [4.69, 9.17) is 5.53 Å². The summed E-state index contributed by atoms with van der Waals surface area (Å²) in [6.45, 7) is 3.72. The van der Waals surface area contributed by atoms with Crippen molar-refractivity contribution in [3.63, 3.8) is 0 Å². The maximum absolute atomic E-state index is 11.3. The first-order valence-electron chi connectivity index (χ1n) is 5.91. The number of azide groups is 1. The molecule has 0 unspecified atom stereocenters. The normalized spacial score (nSPS) is 8.60. The van der Waals surface area contributed by atoms with E-state index in [9.17, 15) is 9.59 Å². The van der Waals surface area contributed by atoms with E-state index in [1.54, 1.807) is 14.1 Å². The molecule has 0 aliphatic rings. The van der Waals surface area contributed by atoms with Crippen LogP contribution in [0.5, 0.6) is 0 Å². The van der Waals surface area contributed by atoms with E-state index in [1.807, 2.05) is 32.0 Å². The van der Waals surface area contributed by atoms with Gasteiger partial charge in [0.2, 0.25) is 12.3 Å². The van der Waals surface area contributed by atoms with Crippen molar-refractivity contribution in [2.24, 2.45) is 5.11 Å². The smallest absolute Gasteiger partial charge is 0.230 e. The molecular weight excluding hydrogens is 258 g/mol. The minimum atomic E-state index is -0.304. The topological polar surface area (TPSA) is 98.2 Å². The Labute approximate surface area is 118 Å². The fourth-order valence-electron chi connectivity index (χ4n) is 1.17. The highest BCUT2D eigenvalue weighted by Crippen LogP contribution is 2.17. The van der Waals surface area contributed by atoms with Gasteiger partial charge in [-0.3, -0.25) is 9.59 Å². The molecule has 0 aromatic heterocycles. The van der Waals surface area contributed by atoms with E-state index in [2.05, 4.69) is 15.3 Å². The third kappa shape index (κ3) is 7.03. The van der Waals surface area contributed by atoms with Crippen molar-refractivity contribution in [3.05, 3.63) is 39.8 Å². The van der Waals surface area contributed by atoms with E-state index in [-0.39, 0.29) is 12.5 Å². The van der Waals surface area contributed by atoms with E-state index in [1.165, 1.54) is 4.90 Å². The molecule has 0 fully saturated rings. The second kappa shape index (κ2) is 9.41. The Morgan fingerprint density at radius 3 is 2.55 bits per heavy atom. The molecule has 0 radical (unpaired) electrons. The van der Waals surface area contributed by atoms with Gasteiger partial charge in [0.25, 0.3) is 0 Å². The first-order chi connectivity index (χ1) is 9.42. The predicted molar refractivity (Wildman–Crippen MR) is 78.3 cm³/mol. The quantitative estimate of drug-likeness (QED) is 0.395. The third-order valence-electron chi connectivity index (χ3n) is 2.37. The number of carbonyl (C=O) groups excluding carboxylic acids is 2. The van der Waals surface area contributed by atoms with Gasteiger partial charge in [-0.2, -0.15) is 0 Å². The van der Waals surface area contributed by atoms with Crippen LogP contribution in [0, 0.1) is 13.8 Å². The SMILES string of the molecule is CN(C)C=O.Cc1cccc(NC(=O)CN=[N+]=[N-])c1C. The average molecular weight is 277 g/mol. The summed E-state index contributed by atoms with van der Waals surface area (Å²) < 4.78 is 0. The molecule has 0 saturated carbocycles. The summed E-state index contributed by atoms with van der Waals surface area (Å²) in [4.78, 5) is 24.7. The Hall–Kier alpha value is -2.53. The summed E-state index contributed by atoms with van der Waals surface area (Å²) in [7, 11) is 3.38. The number of carbonyl (C=O) groups is 2. The Kier molecular flexibility index (Phi) is 8.22. The lowest BCUT2D eigenvalue weighted by Gasteiger charge is -2.08. The zero-order valence-corrected chi connectivity index (χ0v) is 12.1. The number of nitrogens with zero attached hydrogens (tertiary/aromatic N) is 4. The van der Waals surface area contributed by atoms with Gasteiger partial charge in [0.05, 0.1) is 0 Å². The van der Waals surface area contributed by atoms with Gasteiger partial charge in [0.1, 0.15) is 6.54 Å². The number of hydrogen-bond acceptors (Lipinski definition) is 3.